The van der Waals surface area contributed by atoms with Gasteiger partial charge in [0.1, 0.15) is 8.42 Å². The average molecular weight is 1070 g/mol. The van der Waals surface area contributed by atoms with Crippen molar-refractivity contribution in [1.82, 2.24) is 8.61 Å². The number of hydrogen-bond donors (Lipinski definition) is 3. The number of nitrogens with zero attached hydrogens (tertiary/aromatic N) is 4. The van der Waals surface area contributed by atoms with Crippen molar-refractivity contribution in [3.8, 4) is 0 Å². The van der Waals surface area contributed by atoms with Crippen LogP contribution in [-0.4, -0.2) is 114 Å². The van der Waals surface area contributed by atoms with Crippen molar-refractivity contribution in [2.24, 2.45) is 0 Å². The molecule has 0 spiro atoms. The van der Waals surface area contributed by atoms with Crippen LogP contribution in [0.15, 0.2) is 162 Å². The van der Waals surface area contributed by atoms with Crippen molar-refractivity contribution >= 4 is 88.6 Å². The van der Waals surface area contributed by atoms with E-state index >= 15 is 0 Å². The molecule has 4 aromatic carbocycles. The summed E-state index contributed by atoms with van der Waals surface area (Å²) in [5.41, 5.74) is 1.58. The quantitative estimate of drug-likeness (QED) is 0.0543. The van der Waals surface area contributed by atoms with Gasteiger partial charge in [-0.1, -0.05) is 72.8 Å². The standard InChI is InChI=1S/C24H28N2O3S3.C19H26N2O6S3.C6H6S/c1-24(2,27)19-10-12-20(13-11-19)26-15-14-25(32(28,29)23-9-6-16-30-23)17-21(26)18-31-22-7-4-3-5-8-22;1-19(2,22)15-6-8-16(9-7-15)21-11-10-20(13-17(21)14-27-29(3,23)24)30(25,26)18-5-4-12-28-18;7-6-4-2-1-3-5-6/h3-13,16,21,27H,14-15,17-18H2,1-2H3;4-9,12,17,22H,10-11,13-14H2,1-3H3;1-5,7H/t21-;17-;/m11./s1. The van der Waals surface area contributed by atoms with Crippen LogP contribution in [0.25, 0.3) is 0 Å². The summed E-state index contributed by atoms with van der Waals surface area (Å²) < 4.78 is 83.9. The van der Waals surface area contributed by atoms with E-state index < -0.39 is 47.4 Å². The van der Waals surface area contributed by atoms with Crippen LogP contribution < -0.4 is 9.80 Å². The maximum Gasteiger partial charge on any atom is 0.264 e. The minimum absolute atomic E-state index is 0.0247. The highest BCUT2D eigenvalue weighted by molar-refractivity contribution is 7.99. The van der Waals surface area contributed by atoms with Gasteiger partial charge in [0.15, 0.2) is 0 Å². The lowest BCUT2D eigenvalue weighted by Gasteiger charge is -2.42. The zero-order valence-corrected chi connectivity index (χ0v) is 44.9. The molecule has 20 heteroatoms. The smallest absolute Gasteiger partial charge is 0.264 e. The van der Waals surface area contributed by atoms with Crippen LogP contribution in [0.5, 0.6) is 0 Å². The fraction of sp³-hybridized carbons (Fsp3) is 0.347. The van der Waals surface area contributed by atoms with Gasteiger partial charge in [0.2, 0.25) is 0 Å². The number of anilines is 2. The SMILES string of the molecule is CC(C)(O)c1ccc(N2CCN(S(=O)(=O)c3cccs3)C[C@@H]2COS(C)(=O)=O)cc1.CC(C)(O)c1ccc(N2CCN(S(=O)(=O)c3cccs3)C[C@@H]2CSc2ccccc2)cc1.Sc1ccccc1. The lowest BCUT2D eigenvalue weighted by Crippen LogP contribution is -2.56. The topological polar surface area (TPSA) is 165 Å². The van der Waals surface area contributed by atoms with Crippen LogP contribution in [-0.2, 0) is 45.5 Å². The van der Waals surface area contributed by atoms with Gasteiger partial charge < -0.3 is 20.0 Å². The van der Waals surface area contributed by atoms with Crippen LogP contribution in [0.1, 0.15) is 38.8 Å². The van der Waals surface area contributed by atoms with Crippen LogP contribution in [0, 0.1) is 0 Å². The summed E-state index contributed by atoms with van der Waals surface area (Å²) >= 11 is 8.24. The Morgan fingerprint density at radius 1 is 0.594 bits per heavy atom. The summed E-state index contributed by atoms with van der Waals surface area (Å²) in [5, 5.41) is 23.9. The van der Waals surface area contributed by atoms with Gasteiger partial charge in [0, 0.05) is 66.2 Å². The van der Waals surface area contributed by atoms with Crippen molar-refractivity contribution in [2.75, 3.05) is 67.7 Å². The molecule has 2 N–H and O–H groups in total. The van der Waals surface area contributed by atoms with Gasteiger partial charge in [-0.15, -0.1) is 47.1 Å². The van der Waals surface area contributed by atoms with Gasteiger partial charge in [0.25, 0.3) is 30.2 Å². The van der Waals surface area contributed by atoms with Crippen LogP contribution in [0.3, 0.4) is 0 Å². The third-order valence-corrected chi connectivity index (χ3v) is 19.8. The molecule has 8 rings (SSSR count). The Hall–Kier alpha value is -3.77. The van der Waals surface area contributed by atoms with E-state index in [0.29, 0.717) is 30.4 Å². The summed E-state index contributed by atoms with van der Waals surface area (Å²) in [7, 11) is -10.8. The molecule has 6 aromatic rings. The van der Waals surface area contributed by atoms with E-state index in [1.165, 1.54) is 20.5 Å². The summed E-state index contributed by atoms with van der Waals surface area (Å²) in [6.45, 7) is 9.02. The second-order valence-corrected chi connectivity index (χ2v) is 26.9. The monoisotopic (exact) mass is 1070 g/mol. The molecule has 2 fully saturated rings. The Kier molecular flexibility index (Phi) is 18.7. The van der Waals surface area contributed by atoms with Crippen LogP contribution in [0.4, 0.5) is 11.4 Å². The van der Waals surface area contributed by atoms with E-state index in [1.807, 2.05) is 89.8 Å². The number of thiol groups is 1. The molecule has 0 saturated carbocycles. The molecule has 13 nitrogen and oxygen atoms in total. The number of sulfonamides is 2. The first-order valence-corrected chi connectivity index (χ1v) is 29.9. The molecule has 4 heterocycles. The van der Waals surface area contributed by atoms with E-state index in [2.05, 4.69) is 29.7 Å². The van der Waals surface area contributed by atoms with E-state index in [4.69, 9.17) is 4.18 Å². The summed E-state index contributed by atoms with van der Waals surface area (Å²) in [6, 6.07) is 41.4. The van der Waals surface area contributed by atoms with Gasteiger partial charge in [-0.3, -0.25) is 4.18 Å². The zero-order valence-electron chi connectivity index (χ0n) is 39.1. The average Bonchev–Trinajstić information content (AvgIpc) is 4.08. The Morgan fingerprint density at radius 3 is 1.39 bits per heavy atom. The molecular weight excluding hydrogens is 1010 g/mol. The number of thiophene rings is 2. The second-order valence-electron chi connectivity index (χ2n) is 17.4. The fourth-order valence-corrected chi connectivity index (χ4v) is 14.4. The summed E-state index contributed by atoms with van der Waals surface area (Å²) in [5.74, 6) is 0.772. The first-order chi connectivity index (χ1) is 32.5. The molecule has 69 heavy (non-hydrogen) atoms. The number of piperazine rings is 2. The lowest BCUT2D eigenvalue weighted by atomic mass is 9.98. The Balaban J connectivity index is 0.000000199. The molecule has 372 valence electrons. The van der Waals surface area contributed by atoms with Gasteiger partial charge >= 0.3 is 0 Å². The van der Waals surface area contributed by atoms with E-state index in [-0.39, 0.29) is 29.9 Å². The molecule has 0 bridgehead atoms. The van der Waals surface area contributed by atoms with E-state index in [0.717, 1.165) is 50.7 Å². The number of benzene rings is 4. The Morgan fingerprint density at radius 2 is 1.01 bits per heavy atom. The maximum atomic E-state index is 13.1. The van der Waals surface area contributed by atoms with Crippen molar-refractivity contribution in [1.29, 1.82) is 0 Å². The Bertz CT molecular complexity index is 2840. The minimum Gasteiger partial charge on any atom is -0.386 e. The van der Waals surface area contributed by atoms with Gasteiger partial charge in [0.05, 0.1) is 36.1 Å². The van der Waals surface area contributed by atoms with Crippen molar-refractivity contribution < 1.29 is 39.6 Å². The number of thioether (sulfide) groups is 1. The molecule has 0 aliphatic carbocycles. The third-order valence-electron chi connectivity index (χ3n) is 11.3. The lowest BCUT2D eigenvalue weighted by molar-refractivity contribution is 0.0780. The summed E-state index contributed by atoms with van der Waals surface area (Å²) in [4.78, 5) is 6.43. The highest BCUT2D eigenvalue weighted by atomic mass is 32.3. The molecule has 2 atom stereocenters. The maximum absolute atomic E-state index is 13.1. The molecule has 0 amide bonds. The van der Waals surface area contributed by atoms with Crippen molar-refractivity contribution in [3.05, 3.63) is 155 Å². The van der Waals surface area contributed by atoms with Crippen LogP contribution >= 0.6 is 47.1 Å². The molecular formula is C49H60N4O9S7. The Labute approximate surface area is 426 Å². The molecule has 0 unspecified atom stereocenters. The largest absolute Gasteiger partial charge is 0.386 e. The number of rotatable bonds is 14. The number of hydrogen-bond acceptors (Lipinski definition) is 15. The predicted molar refractivity (Wildman–Crippen MR) is 283 cm³/mol. The van der Waals surface area contributed by atoms with Gasteiger partial charge in [-0.25, -0.2) is 16.8 Å². The van der Waals surface area contributed by atoms with Crippen molar-refractivity contribution in [2.45, 2.75) is 69.2 Å². The molecule has 2 aromatic heterocycles. The third kappa shape index (κ3) is 15.4. The van der Waals surface area contributed by atoms with E-state index in [9.17, 15) is 35.5 Å². The van der Waals surface area contributed by atoms with Crippen LogP contribution in [0.2, 0.25) is 0 Å². The summed E-state index contributed by atoms with van der Waals surface area (Å²) in [6.07, 6.45) is 0.971. The molecule has 2 aliphatic rings. The fourth-order valence-electron chi connectivity index (χ4n) is 7.59. The predicted octanol–water partition coefficient (Wildman–Crippen LogP) is 8.45. The first-order valence-electron chi connectivity index (χ1n) is 22.0. The van der Waals surface area contributed by atoms with E-state index in [1.54, 1.807) is 90.9 Å². The molecule has 2 aliphatic heterocycles. The highest BCUT2D eigenvalue weighted by Crippen LogP contribution is 2.32. The second kappa shape index (κ2) is 23.6. The highest BCUT2D eigenvalue weighted by Gasteiger charge is 2.37. The van der Waals surface area contributed by atoms with Gasteiger partial charge in [-0.2, -0.15) is 17.0 Å². The van der Waals surface area contributed by atoms with Gasteiger partial charge in [-0.05, 0) is 110 Å². The molecule has 0 radical (unpaired) electrons. The molecule has 2 saturated heterocycles. The first kappa shape index (κ1) is 54.6. The normalized spacial score (nSPS) is 17.6. The van der Waals surface area contributed by atoms with Crippen molar-refractivity contribution in [3.63, 3.8) is 0 Å². The zero-order chi connectivity index (χ0) is 50.0. The minimum atomic E-state index is -3.68. The number of aliphatic hydroxyl groups is 2.